The predicted molar refractivity (Wildman–Crippen MR) is 113 cm³/mol. The SMILES string of the molecule is C=CCN(CC(=O)N(CC=C)CC(=O)N[C@@H](Cc1ccccc1)C(=O)OC)C(C)=O. The van der Waals surface area contributed by atoms with Crippen molar-refractivity contribution in [3.05, 3.63) is 61.2 Å². The van der Waals surface area contributed by atoms with Crippen molar-refractivity contribution in [3.63, 3.8) is 0 Å². The molecule has 0 fully saturated rings. The molecule has 1 rings (SSSR count). The van der Waals surface area contributed by atoms with Gasteiger partial charge in [-0.3, -0.25) is 14.4 Å². The van der Waals surface area contributed by atoms with E-state index in [2.05, 4.69) is 18.5 Å². The average molecular weight is 415 g/mol. The summed E-state index contributed by atoms with van der Waals surface area (Å²) in [4.78, 5) is 51.5. The van der Waals surface area contributed by atoms with E-state index in [0.29, 0.717) is 0 Å². The Morgan fingerprint density at radius 1 is 1.03 bits per heavy atom. The summed E-state index contributed by atoms with van der Waals surface area (Å²) in [5, 5.41) is 2.62. The average Bonchev–Trinajstić information content (AvgIpc) is 2.72. The Morgan fingerprint density at radius 2 is 1.63 bits per heavy atom. The molecule has 1 atom stereocenters. The first kappa shape index (κ1) is 24.6. The number of nitrogens with zero attached hydrogens (tertiary/aromatic N) is 2. The van der Waals surface area contributed by atoms with E-state index >= 15 is 0 Å². The maximum Gasteiger partial charge on any atom is 0.328 e. The fourth-order valence-corrected chi connectivity index (χ4v) is 2.73. The molecule has 0 bridgehead atoms. The van der Waals surface area contributed by atoms with Crippen molar-refractivity contribution >= 4 is 23.7 Å². The van der Waals surface area contributed by atoms with Gasteiger partial charge >= 0.3 is 5.97 Å². The first-order chi connectivity index (χ1) is 14.3. The van der Waals surface area contributed by atoms with Gasteiger partial charge < -0.3 is 19.9 Å². The number of hydrogen-bond acceptors (Lipinski definition) is 5. The van der Waals surface area contributed by atoms with E-state index in [1.165, 1.54) is 36.0 Å². The molecule has 0 aliphatic rings. The van der Waals surface area contributed by atoms with E-state index in [4.69, 9.17) is 4.74 Å². The molecule has 8 nitrogen and oxygen atoms in total. The summed E-state index contributed by atoms with van der Waals surface area (Å²) in [5.74, 6) is -1.79. The van der Waals surface area contributed by atoms with Gasteiger partial charge in [0.05, 0.1) is 13.7 Å². The molecule has 162 valence electrons. The topological polar surface area (TPSA) is 96.0 Å². The summed E-state index contributed by atoms with van der Waals surface area (Å²) in [7, 11) is 1.25. The third-order valence-corrected chi connectivity index (χ3v) is 4.26. The van der Waals surface area contributed by atoms with Gasteiger partial charge in [0.2, 0.25) is 17.7 Å². The summed E-state index contributed by atoms with van der Waals surface area (Å²) < 4.78 is 4.79. The van der Waals surface area contributed by atoms with E-state index in [0.717, 1.165) is 5.56 Å². The largest absolute Gasteiger partial charge is 0.467 e. The number of amides is 3. The molecule has 0 saturated carbocycles. The second-order valence-corrected chi connectivity index (χ2v) is 6.58. The normalized spacial score (nSPS) is 11.0. The van der Waals surface area contributed by atoms with Crippen molar-refractivity contribution in [3.8, 4) is 0 Å². The fraction of sp³-hybridized carbons (Fsp3) is 0.364. The number of esters is 1. The first-order valence-corrected chi connectivity index (χ1v) is 9.48. The Balaban J connectivity index is 2.82. The smallest absolute Gasteiger partial charge is 0.328 e. The van der Waals surface area contributed by atoms with Gasteiger partial charge in [-0.2, -0.15) is 0 Å². The molecule has 3 amide bonds. The third-order valence-electron chi connectivity index (χ3n) is 4.26. The lowest BCUT2D eigenvalue weighted by Gasteiger charge is -2.26. The van der Waals surface area contributed by atoms with E-state index < -0.39 is 23.8 Å². The van der Waals surface area contributed by atoms with Crippen molar-refractivity contribution in [1.29, 1.82) is 0 Å². The summed E-state index contributed by atoms with van der Waals surface area (Å²) >= 11 is 0. The van der Waals surface area contributed by atoms with Gasteiger partial charge in [-0.15, -0.1) is 13.2 Å². The first-order valence-electron chi connectivity index (χ1n) is 9.48. The van der Waals surface area contributed by atoms with E-state index in [-0.39, 0.29) is 38.5 Å². The highest BCUT2D eigenvalue weighted by molar-refractivity contribution is 5.90. The van der Waals surface area contributed by atoms with Gasteiger partial charge in [0.25, 0.3) is 0 Å². The minimum absolute atomic E-state index is 0.119. The lowest BCUT2D eigenvalue weighted by atomic mass is 10.1. The zero-order valence-corrected chi connectivity index (χ0v) is 17.5. The second kappa shape index (κ2) is 12.9. The van der Waals surface area contributed by atoms with Gasteiger partial charge in [0.15, 0.2) is 0 Å². The molecule has 8 heteroatoms. The summed E-state index contributed by atoms with van der Waals surface area (Å²) in [6, 6.07) is 8.31. The van der Waals surface area contributed by atoms with Gasteiger partial charge in [0.1, 0.15) is 12.6 Å². The lowest BCUT2D eigenvalue weighted by Crippen LogP contribution is -2.50. The summed E-state index contributed by atoms with van der Waals surface area (Å²) in [6.45, 7) is 8.39. The molecule has 1 aromatic carbocycles. The molecule has 1 N–H and O–H groups in total. The Morgan fingerprint density at radius 3 is 2.17 bits per heavy atom. The van der Waals surface area contributed by atoms with Crippen LogP contribution in [0.25, 0.3) is 0 Å². The number of methoxy groups -OCH3 is 1. The second-order valence-electron chi connectivity index (χ2n) is 6.58. The molecule has 0 heterocycles. The Labute approximate surface area is 177 Å². The van der Waals surface area contributed by atoms with Crippen molar-refractivity contribution in [1.82, 2.24) is 15.1 Å². The molecule has 0 aromatic heterocycles. The Hall–Kier alpha value is -3.42. The lowest BCUT2D eigenvalue weighted by molar-refractivity contribution is -0.145. The quantitative estimate of drug-likeness (QED) is 0.405. The molecular formula is C22H29N3O5. The van der Waals surface area contributed by atoms with Gasteiger partial charge in [-0.05, 0) is 5.56 Å². The van der Waals surface area contributed by atoms with Crippen LogP contribution < -0.4 is 5.32 Å². The van der Waals surface area contributed by atoms with Crippen molar-refractivity contribution in [2.75, 3.05) is 33.3 Å². The molecule has 0 radical (unpaired) electrons. The van der Waals surface area contributed by atoms with Gasteiger partial charge in [0, 0.05) is 26.4 Å². The molecule has 0 aliphatic heterocycles. The number of benzene rings is 1. The zero-order valence-electron chi connectivity index (χ0n) is 17.5. The monoisotopic (exact) mass is 415 g/mol. The molecular weight excluding hydrogens is 386 g/mol. The number of carbonyl (C=O) groups excluding carboxylic acids is 4. The van der Waals surface area contributed by atoms with Crippen LogP contribution in [-0.2, 0) is 30.3 Å². The van der Waals surface area contributed by atoms with E-state index in [9.17, 15) is 19.2 Å². The van der Waals surface area contributed by atoms with Crippen LogP contribution >= 0.6 is 0 Å². The summed E-state index contributed by atoms with van der Waals surface area (Å²) in [5.41, 5.74) is 0.855. The minimum Gasteiger partial charge on any atom is -0.467 e. The highest BCUT2D eigenvalue weighted by Crippen LogP contribution is 2.05. The maximum absolute atomic E-state index is 12.6. The predicted octanol–water partition coefficient (Wildman–Crippen LogP) is 0.936. The number of carbonyl (C=O) groups is 4. The van der Waals surface area contributed by atoms with Crippen LogP contribution in [0.5, 0.6) is 0 Å². The third kappa shape index (κ3) is 8.30. The zero-order chi connectivity index (χ0) is 22.5. The van der Waals surface area contributed by atoms with Gasteiger partial charge in [-0.25, -0.2) is 4.79 Å². The Kier molecular flexibility index (Phi) is 10.6. The Bertz CT molecular complexity index is 763. The molecule has 0 unspecified atom stereocenters. The van der Waals surface area contributed by atoms with E-state index in [1.54, 1.807) is 0 Å². The van der Waals surface area contributed by atoms with Crippen LogP contribution in [0.15, 0.2) is 55.6 Å². The molecule has 1 aromatic rings. The van der Waals surface area contributed by atoms with Crippen molar-refractivity contribution in [2.24, 2.45) is 0 Å². The maximum atomic E-state index is 12.6. The van der Waals surface area contributed by atoms with Crippen LogP contribution in [0.1, 0.15) is 12.5 Å². The molecule has 30 heavy (non-hydrogen) atoms. The van der Waals surface area contributed by atoms with Gasteiger partial charge in [-0.1, -0.05) is 42.5 Å². The van der Waals surface area contributed by atoms with Crippen LogP contribution in [0.4, 0.5) is 0 Å². The van der Waals surface area contributed by atoms with Crippen molar-refractivity contribution in [2.45, 2.75) is 19.4 Å². The van der Waals surface area contributed by atoms with Crippen LogP contribution in [0.2, 0.25) is 0 Å². The standard InChI is InChI=1S/C22H29N3O5/c1-5-12-24(17(3)26)16-21(28)25(13-6-2)15-20(27)23-19(22(29)30-4)14-18-10-8-7-9-11-18/h5-11,19H,1-2,12-16H2,3-4H3,(H,23,27)/t19-/m0/s1. The fourth-order valence-electron chi connectivity index (χ4n) is 2.73. The number of rotatable bonds is 12. The van der Waals surface area contributed by atoms with E-state index in [1.807, 2.05) is 30.3 Å². The summed E-state index contributed by atoms with van der Waals surface area (Å²) in [6.07, 6.45) is 3.26. The highest BCUT2D eigenvalue weighted by atomic mass is 16.5. The molecule has 0 spiro atoms. The van der Waals surface area contributed by atoms with Crippen LogP contribution in [0, 0.1) is 0 Å². The van der Waals surface area contributed by atoms with Crippen LogP contribution in [-0.4, -0.2) is 72.8 Å². The number of hydrogen-bond donors (Lipinski definition) is 1. The minimum atomic E-state index is -0.889. The van der Waals surface area contributed by atoms with Crippen molar-refractivity contribution < 1.29 is 23.9 Å². The number of ether oxygens (including phenoxy) is 1. The molecule has 0 aliphatic carbocycles. The molecule has 0 saturated heterocycles. The van der Waals surface area contributed by atoms with Crippen LogP contribution in [0.3, 0.4) is 0 Å². The number of nitrogens with one attached hydrogen (secondary N) is 1. The highest BCUT2D eigenvalue weighted by Gasteiger charge is 2.25.